The zero-order valence-corrected chi connectivity index (χ0v) is 14.0. The minimum atomic E-state index is -0.809. The third kappa shape index (κ3) is 2.87. The van der Waals surface area contributed by atoms with Crippen LogP contribution in [0.15, 0.2) is 18.2 Å². The Morgan fingerprint density at radius 2 is 2.04 bits per heavy atom. The highest BCUT2D eigenvalue weighted by Crippen LogP contribution is 2.44. The fourth-order valence-electron chi connectivity index (χ4n) is 3.86. The van der Waals surface area contributed by atoms with Crippen molar-refractivity contribution in [3.63, 3.8) is 0 Å². The first kappa shape index (κ1) is 16.0. The molecule has 0 aromatic heterocycles. The van der Waals surface area contributed by atoms with E-state index in [2.05, 4.69) is 32.0 Å². The fourth-order valence-corrected chi connectivity index (χ4v) is 3.86. The predicted octanol–water partition coefficient (Wildman–Crippen LogP) is 3.34. The first-order valence-corrected chi connectivity index (χ1v) is 8.55. The average Bonchev–Trinajstić information content (AvgIpc) is 2.48. The number of hydrogen-bond donors (Lipinski definition) is 1. The Kier molecular flexibility index (Phi) is 4.17. The summed E-state index contributed by atoms with van der Waals surface area (Å²) in [5.74, 6) is -0.332. The topological polar surface area (TPSA) is 57.6 Å². The van der Waals surface area contributed by atoms with E-state index in [1.54, 1.807) is 0 Å². The van der Waals surface area contributed by atoms with Gasteiger partial charge in [0.15, 0.2) is 0 Å². The standard InChI is InChI=1S/C19H25NO3/c1-13(2)15-6-3-5-14-12-20(10-7-16(14)15)17(21)11-19(18(22)23)8-4-9-19/h3,5-6,13H,4,7-12H2,1-2H3,(H,22,23). The minimum absolute atomic E-state index is 0.00676. The zero-order chi connectivity index (χ0) is 16.6. The molecule has 1 saturated carbocycles. The number of fused-ring (bicyclic) bond motifs is 1. The number of carbonyl (C=O) groups excluding carboxylic acids is 1. The van der Waals surface area contributed by atoms with Crippen molar-refractivity contribution in [3.8, 4) is 0 Å². The van der Waals surface area contributed by atoms with E-state index in [0.29, 0.717) is 31.8 Å². The summed E-state index contributed by atoms with van der Waals surface area (Å²) in [6, 6.07) is 6.33. The van der Waals surface area contributed by atoms with Crippen molar-refractivity contribution >= 4 is 11.9 Å². The predicted molar refractivity (Wildman–Crippen MR) is 88.2 cm³/mol. The van der Waals surface area contributed by atoms with Gasteiger partial charge in [-0.05, 0) is 41.9 Å². The molecule has 4 heteroatoms. The lowest BCUT2D eigenvalue weighted by Crippen LogP contribution is -2.45. The molecule has 0 spiro atoms. The molecular weight excluding hydrogens is 290 g/mol. The van der Waals surface area contributed by atoms with Crippen molar-refractivity contribution in [3.05, 3.63) is 34.9 Å². The van der Waals surface area contributed by atoms with E-state index in [1.165, 1.54) is 16.7 Å². The minimum Gasteiger partial charge on any atom is -0.481 e. The molecular formula is C19H25NO3. The maximum atomic E-state index is 12.6. The van der Waals surface area contributed by atoms with E-state index in [-0.39, 0.29) is 12.3 Å². The molecule has 1 heterocycles. The Balaban J connectivity index is 1.73. The third-order valence-electron chi connectivity index (χ3n) is 5.53. The number of benzene rings is 1. The molecule has 0 bridgehead atoms. The highest BCUT2D eigenvalue weighted by atomic mass is 16.4. The van der Waals surface area contributed by atoms with Crippen LogP contribution in [0.5, 0.6) is 0 Å². The molecule has 1 N–H and O–H groups in total. The van der Waals surface area contributed by atoms with Crippen molar-refractivity contribution in [2.75, 3.05) is 6.54 Å². The van der Waals surface area contributed by atoms with Crippen molar-refractivity contribution in [1.29, 1.82) is 0 Å². The number of rotatable bonds is 4. The van der Waals surface area contributed by atoms with Gasteiger partial charge in [-0.25, -0.2) is 0 Å². The van der Waals surface area contributed by atoms with Gasteiger partial charge in [-0.3, -0.25) is 9.59 Å². The molecule has 1 aliphatic carbocycles. The summed E-state index contributed by atoms with van der Waals surface area (Å²) in [5.41, 5.74) is 3.17. The number of carboxylic acids is 1. The van der Waals surface area contributed by atoms with Crippen LogP contribution < -0.4 is 0 Å². The van der Waals surface area contributed by atoms with Crippen LogP contribution in [0.4, 0.5) is 0 Å². The number of aliphatic carboxylic acids is 1. The normalized spacial score (nSPS) is 19.2. The van der Waals surface area contributed by atoms with Crippen LogP contribution in [0.3, 0.4) is 0 Å². The number of carboxylic acid groups (broad SMARTS) is 1. The Hall–Kier alpha value is -1.84. The lowest BCUT2D eigenvalue weighted by molar-refractivity contribution is -0.159. The monoisotopic (exact) mass is 315 g/mol. The third-order valence-corrected chi connectivity index (χ3v) is 5.53. The van der Waals surface area contributed by atoms with Gasteiger partial charge in [0.05, 0.1) is 5.41 Å². The number of hydrogen-bond acceptors (Lipinski definition) is 2. The van der Waals surface area contributed by atoms with E-state index in [9.17, 15) is 14.7 Å². The lowest BCUT2D eigenvalue weighted by Gasteiger charge is -2.39. The first-order valence-electron chi connectivity index (χ1n) is 8.55. The quantitative estimate of drug-likeness (QED) is 0.927. The number of carbonyl (C=O) groups is 2. The Morgan fingerprint density at radius 1 is 1.30 bits per heavy atom. The molecule has 0 unspecified atom stereocenters. The smallest absolute Gasteiger partial charge is 0.310 e. The second kappa shape index (κ2) is 5.99. The van der Waals surface area contributed by atoms with Crippen LogP contribution in [-0.4, -0.2) is 28.4 Å². The molecule has 0 radical (unpaired) electrons. The largest absolute Gasteiger partial charge is 0.481 e. The number of nitrogens with zero attached hydrogens (tertiary/aromatic N) is 1. The van der Waals surface area contributed by atoms with Crippen molar-refractivity contribution in [2.45, 2.75) is 58.4 Å². The van der Waals surface area contributed by atoms with Crippen molar-refractivity contribution in [1.82, 2.24) is 4.90 Å². The highest BCUT2D eigenvalue weighted by molar-refractivity contribution is 5.85. The summed E-state index contributed by atoms with van der Waals surface area (Å²) in [6.45, 7) is 5.70. The van der Waals surface area contributed by atoms with Crippen LogP contribution in [0.2, 0.25) is 0 Å². The molecule has 2 aliphatic rings. The van der Waals surface area contributed by atoms with Gasteiger partial charge in [-0.15, -0.1) is 0 Å². The summed E-state index contributed by atoms with van der Waals surface area (Å²) in [7, 11) is 0. The van der Waals surface area contributed by atoms with Gasteiger partial charge in [0, 0.05) is 19.5 Å². The van der Waals surface area contributed by atoms with Crippen LogP contribution in [-0.2, 0) is 22.6 Å². The average molecular weight is 315 g/mol. The lowest BCUT2D eigenvalue weighted by atomic mass is 9.66. The molecule has 0 atom stereocenters. The molecule has 0 saturated heterocycles. The molecule has 124 valence electrons. The Morgan fingerprint density at radius 3 is 2.61 bits per heavy atom. The molecule has 3 rings (SSSR count). The number of amides is 1. The summed E-state index contributed by atoms with van der Waals surface area (Å²) in [5, 5.41) is 9.42. The molecule has 1 fully saturated rings. The molecule has 1 aromatic carbocycles. The van der Waals surface area contributed by atoms with E-state index in [1.807, 2.05) is 4.90 Å². The van der Waals surface area contributed by atoms with Gasteiger partial charge in [-0.1, -0.05) is 38.5 Å². The highest BCUT2D eigenvalue weighted by Gasteiger charge is 2.46. The van der Waals surface area contributed by atoms with Gasteiger partial charge in [0.1, 0.15) is 0 Å². The summed E-state index contributed by atoms with van der Waals surface area (Å²) in [4.78, 5) is 25.9. The first-order chi connectivity index (χ1) is 10.9. The van der Waals surface area contributed by atoms with Crippen LogP contribution >= 0.6 is 0 Å². The fraction of sp³-hybridized carbons (Fsp3) is 0.579. The summed E-state index contributed by atoms with van der Waals surface area (Å²) < 4.78 is 0. The molecule has 23 heavy (non-hydrogen) atoms. The van der Waals surface area contributed by atoms with E-state index in [0.717, 1.165) is 12.8 Å². The molecule has 4 nitrogen and oxygen atoms in total. The second-order valence-electron chi connectivity index (χ2n) is 7.32. The molecule has 1 aromatic rings. The van der Waals surface area contributed by atoms with Crippen molar-refractivity contribution in [2.24, 2.45) is 5.41 Å². The molecule has 1 aliphatic heterocycles. The maximum absolute atomic E-state index is 12.6. The van der Waals surface area contributed by atoms with Gasteiger partial charge < -0.3 is 10.0 Å². The van der Waals surface area contributed by atoms with Crippen molar-refractivity contribution < 1.29 is 14.7 Å². The van der Waals surface area contributed by atoms with E-state index >= 15 is 0 Å². The van der Waals surface area contributed by atoms with Gasteiger partial charge in [0.2, 0.25) is 5.91 Å². The molecule has 1 amide bonds. The zero-order valence-electron chi connectivity index (χ0n) is 14.0. The SMILES string of the molecule is CC(C)c1cccc2c1CCN(C(=O)CC1(C(=O)O)CCC1)C2. The van der Waals surface area contributed by atoms with Crippen LogP contribution in [0.25, 0.3) is 0 Å². The summed E-state index contributed by atoms with van der Waals surface area (Å²) >= 11 is 0. The van der Waals surface area contributed by atoms with E-state index in [4.69, 9.17) is 0 Å². The summed E-state index contributed by atoms with van der Waals surface area (Å²) in [6.07, 6.45) is 3.21. The van der Waals surface area contributed by atoms with Crippen LogP contribution in [0, 0.1) is 5.41 Å². The van der Waals surface area contributed by atoms with Gasteiger partial charge in [-0.2, -0.15) is 0 Å². The van der Waals surface area contributed by atoms with Gasteiger partial charge in [0.25, 0.3) is 0 Å². The van der Waals surface area contributed by atoms with E-state index < -0.39 is 11.4 Å². The Labute approximate surface area is 137 Å². The second-order valence-corrected chi connectivity index (χ2v) is 7.32. The Bertz CT molecular complexity index is 632. The van der Waals surface area contributed by atoms with Gasteiger partial charge >= 0.3 is 5.97 Å². The van der Waals surface area contributed by atoms with Crippen LogP contribution in [0.1, 0.15) is 62.1 Å². The maximum Gasteiger partial charge on any atom is 0.310 e.